The number of alkyl carbamates (subject to hydrolysis) is 1. The van der Waals surface area contributed by atoms with E-state index in [2.05, 4.69) is 10.4 Å². The van der Waals surface area contributed by atoms with Gasteiger partial charge in [-0.1, -0.05) is 0 Å². The van der Waals surface area contributed by atoms with Crippen molar-refractivity contribution in [3.63, 3.8) is 0 Å². The molecule has 1 N–H and O–H groups in total. The predicted molar refractivity (Wildman–Crippen MR) is 82.9 cm³/mol. The number of carbonyl (C=O) groups excluding carboxylic acids is 2. The standard InChI is InChI=1S/C14H23N3O3S/c1-10-11(9-18)12(17(5)16-10)21-8-6-7-15-13(19)20-14(2,3)4/h9H,6-8H2,1-5H3,(H,15,19). The monoisotopic (exact) mass is 313 g/mol. The van der Waals surface area contributed by atoms with Gasteiger partial charge in [0.1, 0.15) is 10.6 Å². The molecule has 0 spiro atoms. The molecule has 1 aromatic rings. The number of aryl methyl sites for hydroxylation is 2. The fourth-order valence-corrected chi connectivity index (χ4v) is 2.77. The Kier molecular flexibility index (Phi) is 6.26. The minimum Gasteiger partial charge on any atom is -0.444 e. The van der Waals surface area contributed by atoms with Crippen LogP contribution >= 0.6 is 11.8 Å². The van der Waals surface area contributed by atoms with Crippen molar-refractivity contribution in [2.75, 3.05) is 12.3 Å². The number of nitrogens with zero attached hydrogens (tertiary/aromatic N) is 2. The molecule has 0 aliphatic carbocycles. The second-order valence-corrected chi connectivity index (χ2v) is 6.76. The summed E-state index contributed by atoms with van der Waals surface area (Å²) in [4.78, 5) is 22.5. The summed E-state index contributed by atoms with van der Waals surface area (Å²) in [6, 6.07) is 0. The Morgan fingerprint density at radius 2 is 2.14 bits per heavy atom. The number of rotatable bonds is 6. The molecule has 7 heteroatoms. The van der Waals surface area contributed by atoms with E-state index < -0.39 is 11.7 Å². The number of thioether (sulfide) groups is 1. The van der Waals surface area contributed by atoms with Gasteiger partial charge in [0, 0.05) is 19.3 Å². The number of nitrogens with one attached hydrogen (secondary N) is 1. The third-order valence-electron chi connectivity index (χ3n) is 2.56. The lowest BCUT2D eigenvalue weighted by molar-refractivity contribution is 0.0528. The SMILES string of the molecule is Cc1nn(C)c(SCCCNC(=O)OC(C)(C)C)c1C=O. The highest BCUT2D eigenvalue weighted by atomic mass is 32.2. The highest BCUT2D eigenvalue weighted by Crippen LogP contribution is 2.23. The summed E-state index contributed by atoms with van der Waals surface area (Å²) in [7, 11) is 1.82. The Labute approximate surface area is 129 Å². The molecule has 1 rings (SSSR count). The maximum Gasteiger partial charge on any atom is 0.407 e. The summed E-state index contributed by atoms with van der Waals surface area (Å²) in [6.07, 6.45) is 1.22. The topological polar surface area (TPSA) is 73.2 Å². The van der Waals surface area contributed by atoms with E-state index in [1.807, 2.05) is 34.7 Å². The van der Waals surface area contributed by atoms with Crippen LogP contribution in [0.4, 0.5) is 4.79 Å². The van der Waals surface area contributed by atoms with Crippen molar-refractivity contribution in [3.8, 4) is 0 Å². The predicted octanol–water partition coefficient (Wildman–Crippen LogP) is 2.55. The van der Waals surface area contributed by atoms with Crippen molar-refractivity contribution in [3.05, 3.63) is 11.3 Å². The first-order chi connectivity index (χ1) is 9.74. The van der Waals surface area contributed by atoms with Crippen LogP contribution in [-0.4, -0.2) is 40.1 Å². The highest BCUT2D eigenvalue weighted by Gasteiger charge is 2.16. The molecular weight excluding hydrogens is 290 g/mol. The van der Waals surface area contributed by atoms with Crippen LogP contribution in [-0.2, 0) is 11.8 Å². The molecular formula is C14H23N3O3S. The Balaban J connectivity index is 2.32. The van der Waals surface area contributed by atoms with Crippen LogP contribution in [0.1, 0.15) is 43.2 Å². The Morgan fingerprint density at radius 1 is 1.48 bits per heavy atom. The van der Waals surface area contributed by atoms with Gasteiger partial charge in [0.15, 0.2) is 6.29 Å². The number of aromatic nitrogens is 2. The van der Waals surface area contributed by atoms with Crippen LogP contribution in [0.15, 0.2) is 5.03 Å². The van der Waals surface area contributed by atoms with E-state index >= 15 is 0 Å². The number of amides is 1. The van der Waals surface area contributed by atoms with E-state index in [9.17, 15) is 9.59 Å². The summed E-state index contributed by atoms with van der Waals surface area (Å²) in [5, 5.41) is 7.79. The third kappa shape index (κ3) is 5.79. The molecule has 21 heavy (non-hydrogen) atoms. The van der Waals surface area contributed by atoms with Crippen molar-refractivity contribution < 1.29 is 14.3 Å². The zero-order valence-electron chi connectivity index (χ0n) is 13.2. The summed E-state index contributed by atoms with van der Waals surface area (Å²) >= 11 is 1.56. The summed E-state index contributed by atoms with van der Waals surface area (Å²) < 4.78 is 6.86. The first kappa shape index (κ1) is 17.6. The number of aldehydes is 1. The molecule has 0 unspecified atom stereocenters. The molecule has 0 aromatic carbocycles. The maximum absolute atomic E-state index is 11.4. The second-order valence-electron chi connectivity index (χ2n) is 5.68. The first-order valence-electron chi connectivity index (χ1n) is 6.83. The largest absolute Gasteiger partial charge is 0.444 e. The number of hydrogen-bond donors (Lipinski definition) is 1. The minimum atomic E-state index is -0.482. The van der Waals surface area contributed by atoms with Crippen LogP contribution in [0.3, 0.4) is 0 Å². The molecule has 0 fully saturated rings. The lowest BCUT2D eigenvalue weighted by Gasteiger charge is -2.19. The fourth-order valence-electron chi connectivity index (χ4n) is 1.71. The van der Waals surface area contributed by atoms with Gasteiger partial charge < -0.3 is 10.1 Å². The molecule has 0 saturated heterocycles. The highest BCUT2D eigenvalue weighted by molar-refractivity contribution is 7.99. The van der Waals surface area contributed by atoms with Gasteiger partial charge in [-0.2, -0.15) is 5.10 Å². The molecule has 0 bridgehead atoms. The van der Waals surface area contributed by atoms with E-state index in [0.717, 1.165) is 29.2 Å². The lowest BCUT2D eigenvalue weighted by atomic mass is 10.2. The summed E-state index contributed by atoms with van der Waals surface area (Å²) in [5.41, 5.74) is 0.897. The van der Waals surface area contributed by atoms with Crippen LogP contribution < -0.4 is 5.32 Å². The average Bonchev–Trinajstić information content (AvgIpc) is 2.60. The van der Waals surface area contributed by atoms with Gasteiger partial charge in [0.2, 0.25) is 0 Å². The van der Waals surface area contributed by atoms with Gasteiger partial charge in [-0.05, 0) is 34.1 Å². The summed E-state index contributed by atoms with van der Waals surface area (Å²) in [6.45, 7) is 7.84. The number of hydrogen-bond acceptors (Lipinski definition) is 5. The van der Waals surface area contributed by atoms with Gasteiger partial charge in [0.05, 0.1) is 11.3 Å². The summed E-state index contributed by atoms with van der Waals surface area (Å²) in [5.74, 6) is 0.787. The van der Waals surface area contributed by atoms with Gasteiger partial charge in [-0.25, -0.2) is 4.79 Å². The molecule has 1 heterocycles. The minimum absolute atomic E-state index is 0.405. The number of carbonyl (C=O) groups is 2. The van der Waals surface area contributed by atoms with Gasteiger partial charge in [0.25, 0.3) is 0 Å². The van der Waals surface area contributed by atoms with E-state index in [-0.39, 0.29) is 0 Å². The first-order valence-corrected chi connectivity index (χ1v) is 7.81. The Bertz CT molecular complexity index is 506. The smallest absolute Gasteiger partial charge is 0.407 e. The molecule has 0 radical (unpaired) electrons. The molecule has 0 atom stereocenters. The lowest BCUT2D eigenvalue weighted by Crippen LogP contribution is -2.33. The van der Waals surface area contributed by atoms with Crippen molar-refractivity contribution in [2.24, 2.45) is 7.05 Å². The molecule has 6 nitrogen and oxygen atoms in total. The van der Waals surface area contributed by atoms with E-state index in [4.69, 9.17) is 4.74 Å². The van der Waals surface area contributed by atoms with E-state index in [1.54, 1.807) is 16.4 Å². The average molecular weight is 313 g/mol. The van der Waals surface area contributed by atoms with Crippen LogP contribution in [0.2, 0.25) is 0 Å². The van der Waals surface area contributed by atoms with Crippen LogP contribution in [0.25, 0.3) is 0 Å². The van der Waals surface area contributed by atoms with Crippen molar-refractivity contribution in [1.82, 2.24) is 15.1 Å². The molecule has 0 saturated carbocycles. The Morgan fingerprint density at radius 3 is 2.71 bits per heavy atom. The normalized spacial score (nSPS) is 11.3. The van der Waals surface area contributed by atoms with E-state index in [0.29, 0.717) is 12.1 Å². The number of ether oxygens (including phenoxy) is 1. The fraction of sp³-hybridized carbons (Fsp3) is 0.643. The molecule has 0 aliphatic rings. The Hall–Kier alpha value is -1.50. The molecule has 1 aromatic heterocycles. The van der Waals surface area contributed by atoms with Crippen molar-refractivity contribution in [2.45, 2.75) is 44.7 Å². The zero-order chi connectivity index (χ0) is 16.0. The molecule has 1 amide bonds. The van der Waals surface area contributed by atoms with Crippen LogP contribution in [0, 0.1) is 6.92 Å². The van der Waals surface area contributed by atoms with Gasteiger partial charge in [-0.3, -0.25) is 9.48 Å². The zero-order valence-corrected chi connectivity index (χ0v) is 14.0. The molecule has 0 aliphatic heterocycles. The van der Waals surface area contributed by atoms with Crippen molar-refractivity contribution in [1.29, 1.82) is 0 Å². The van der Waals surface area contributed by atoms with E-state index in [1.165, 1.54) is 0 Å². The maximum atomic E-state index is 11.4. The van der Waals surface area contributed by atoms with Crippen LogP contribution in [0.5, 0.6) is 0 Å². The quantitative estimate of drug-likeness (QED) is 0.496. The van der Waals surface area contributed by atoms with Crippen molar-refractivity contribution >= 4 is 24.1 Å². The third-order valence-corrected chi connectivity index (χ3v) is 3.81. The van der Waals surface area contributed by atoms with Gasteiger partial charge >= 0.3 is 6.09 Å². The van der Waals surface area contributed by atoms with Gasteiger partial charge in [-0.15, -0.1) is 11.8 Å². The second kappa shape index (κ2) is 7.49. The molecule has 118 valence electrons.